The van der Waals surface area contributed by atoms with Crippen LogP contribution in [-0.4, -0.2) is 29.0 Å². The molecule has 4 nitrogen and oxygen atoms in total. The summed E-state index contributed by atoms with van der Waals surface area (Å²) in [4.78, 5) is 22.8. The summed E-state index contributed by atoms with van der Waals surface area (Å²) in [5, 5.41) is 11.7. The highest BCUT2D eigenvalue weighted by molar-refractivity contribution is 7.98. The maximum absolute atomic E-state index is 11.8. The van der Waals surface area contributed by atoms with Crippen LogP contribution in [0.4, 0.5) is 5.69 Å². The summed E-state index contributed by atoms with van der Waals surface area (Å²) in [5.41, 5.74) is 1.42. The lowest BCUT2D eigenvalue weighted by Gasteiger charge is -2.12. The summed E-state index contributed by atoms with van der Waals surface area (Å²) in [6, 6.07) is 4.89. The van der Waals surface area contributed by atoms with Crippen LogP contribution in [0.15, 0.2) is 18.2 Å². The van der Waals surface area contributed by atoms with Gasteiger partial charge < -0.3 is 10.4 Å². The lowest BCUT2D eigenvalue weighted by molar-refractivity contribution is -0.118. The highest BCUT2D eigenvalue weighted by atomic mass is 32.2. The number of rotatable bonds is 5. The second-order valence-corrected chi connectivity index (χ2v) is 5.09. The maximum atomic E-state index is 11.8. The molecule has 2 N–H and O–H groups in total. The summed E-state index contributed by atoms with van der Waals surface area (Å²) in [5.74, 6) is -0.441. The maximum Gasteiger partial charge on any atom is 0.336 e. The Morgan fingerprint density at radius 2 is 2.11 bits per heavy atom. The van der Waals surface area contributed by atoms with Crippen molar-refractivity contribution >= 4 is 29.3 Å². The van der Waals surface area contributed by atoms with Gasteiger partial charge >= 0.3 is 5.97 Å². The van der Waals surface area contributed by atoms with Crippen LogP contribution in [0, 0.1) is 12.8 Å². The molecular weight excluding hydrogens is 250 g/mol. The first kappa shape index (κ1) is 14.6. The second-order valence-electron chi connectivity index (χ2n) is 4.18. The van der Waals surface area contributed by atoms with E-state index in [2.05, 4.69) is 5.32 Å². The molecule has 0 heterocycles. The van der Waals surface area contributed by atoms with Crippen molar-refractivity contribution in [2.24, 2.45) is 5.92 Å². The van der Waals surface area contributed by atoms with E-state index in [1.165, 1.54) is 6.07 Å². The average molecular weight is 267 g/mol. The second kappa shape index (κ2) is 6.44. The van der Waals surface area contributed by atoms with E-state index >= 15 is 0 Å². The van der Waals surface area contributed by atoms with Crippen LogP contribution in [0.5, 0.6) is 0 Å². The number of hydrogen-bond donors (Lipinski definition) is 2. The lowest BCUT2D eigenvalue weighted by Crippen LogP contribution is -2.22. The van der Waals surface area contributed by atoms with Crippen LogP contribution in [0.3, 0.4) is 0 Å². The van der Waals surface area contributed by atoms with Crippen LogP contribution in [0.1, 0.15) is 22.8 Å². The third kappa shape index (κ3) is 3.77. The molecule has 0 bridgehead atoms. The van der Waals surface area contributed by atoms with E-state index in [-0.39, 0.29) is 17.4 Å². The van der Waals surface area contributed by atoms with Crippen LogP contribution in [-0.2, 0) is 4.79 Å². The number of thioether (sulfide) groups is 1. The van der Waals surface area contributed by atoms with Crippen molar-refractivity contribution in [3.05, 3.63) is 29.3 Å². The molecule has 5 heteroatoms. The number of carbonyl (C=O) groups is 2. The van der Waals surface area contributed by atoms with Crippen molar-refractivity contribution in [3.63, 3.8) is 0 Å². The van der Waals surface area contributed by atoms with Gasteiger partial charge in [-0.3, -0.25) is 4.79 Å². The number of benzene rings is 1. The molecule has 0 saturated carbocycles. The summed E-state index contributed by atoms with van der Waals surface area (Å²) in [6.07, 6.45) is 1.94. The summed E-state index contributed by atoms with van der Waals surface area (Å²) < 4.78 is 0. The predicted octanol–water partition coefficient (Wildman–Crippen LogP) is 2.63. The number of carbonyl (C=O) groups excluding carboxylic acids is 1. The fourth-order valence-electron chi connectivity index (χ4n) is 1.52. The number of aromatic carboxylic acids is 1. The van der Waals surface area contributed by atoms with Crippen LogP contribution >= 0.6 is 11.8 Å². The van der Waals surface area contributed by atoms with Gasteiger partial charge in [0.15, 0.2) is 0 Å². The Bertz CT molecular complexity index is 460. The largest absolute Gasteiger partial charge is 0.478 e. The van der Waals surface area contributed by atoms with Crippen LogP contribution in [0.25, 0.3) is 0 Å². The molecule has 1 unspecified atom stereocenters. The highest BCUT2D eigenvalue weighted by Gasteiger charge is 2.14. The molecule has 0 saturated heterocycles. The minimum Gasteiger partial charge on any atom is -0.478 e. The van der Waals surface area contributed by atoms with Gasteiger partial charge in [0.1, 0.15) is 0 Å². The molecule has 0 aromatic heterocycles. The number of carboxylic acid groups (broad SMARTS) is 1. The average Bonchev–Trinajstić information content (AvgIpc) is 2.31. The molecule has 18 heavy (non-hydrogen) atoms. The van der Waals surface area contributed by atoms with Gasteiger partial charge in [0, 0.05) is 17.4 Å². The van der Waals surface area contributed by atoms with Crippen molar-refractivity contribution in [2.45, 2.75) is 13.8 Å². The van der Waals surface area contributed by atoms with Gasteiger partial charge in [-0.15, -0.1) is 0 Å². The third-order valence-corrected chi connectivity index (χ3v) is 3.43. The Kier molecular flexibility index (Phi) is 5.22. The van der Waals surface area contributed by atoms with Crippen molar-refractivity contribution < 1.29 is 14.7 Å². The van der Waals surface area contributed by atoms with Gasteiger partial charge in [-0.25, -0.2) is 4.79 Å². The van der Waals surface area contributed by atoms with Crippen LogP contribution < -0.4 is 5.32 Å². The van der Waals surface area contributed by atoms with Crippen molar-refractivity contribution in [2.75, 3.05) is 17.3 Å². The fourth-order valence-corrected chi connectivity index (χ4v) is 2.17. The number of nitrogens with one attached hydrogen (secondary N) is 1. The van der Waals surface area contributed by atoms with Gasteiger partial charge in [0.2, 0.25) is 5.91 Å². The van der Waals surface area contributed by atoms with E-state index in [4.69, 9.17) is 5.11 Å². The zero-order valence-corrected chi connectivity index (χ0v) is 11.5. The van der Waals surface area contributed by atoms with Crippen LogP contribution in [0.2, 0.25) is 0 Å². The standard InChI is InChI=1S/C13H17NO3S/c1-8-4-5-10(6-11(8)13(16)17)14-12(15)9(2)7-18-3/h4-6,9H,7H2,1-3H3,(H,14,15)(H,16,17). The van der Waals surface area contributed by atoms with E-state index in [0.29, 0.717) is 11.3 Å². The third-order valence-electron chi connectivity index (χ3n) is 2.60. The van der Waals surface area contributed by atoms with Gasteiger partial charge in [-0.1, -0.05) is 13.0 Å². The topological polar surface area (TPSA) is 66.4 Å². The van der Waals surface area contributed by atoms with Gasteiger partial charge in [-0.2, -0.15) is 11.8 Å². The summed E-state index contributed by atoms with van der Waals surface area (Å²) in [6.45, 7) is 3.57. The molecular formula is C13H17NO3S. The molecule has 0 aliphatic carbocycles. The van der Waals surface area contributed by atoms with E-state index in [9.17, 15) is 9.59 Å². The van der Waals surface area contributed by atoms with Gasteiger partial charge in [0.25, 0.3) is 0 Å². The number of carboxylic acids is 1. The zero-order chi connectivity index (χ0) is 13.7. The minimum absolute atomic E-state index is 0.0930. The first-order valence-electron chi connectivity index (χ1n) is 5.59. The Morgan fingerprint density at radius 3 is 2.67 bits per heavy atom. The molecule has 1 atom stereocenters. The zero-order valence-electron chi connectivity index (χ0n) is 10.7. The van der Waals surface area contributed by atoms with E-state index < -0.39 is 5.97 Å². The molecule has 98 valence electrons. The quantitative estimate of drug-likeness (QED) is 0.860. The molecule has 0 radical (unpaired) electrons. The number of hydrogen-bond acceptors (Lipinski definition) is 3. The molecule has 0 spiro atoms. The monoisotopic (exact) mass is 267 g/mol. The predicted molar refractivity (Wildman–Crippen MR) is 74.3 cm³/mol. The van der Waals surface area contributed by atoms with E-state index in [0.717, 1.165) is 5.75 Å². The first-order chi connectivity index (χ1) is 8.45. The number of aryl methyl sites for hydroxylation is 1. The van der Waals surface area contributed by atoms with Crippen molar-refractivity contribution in [3.8, 4) is 0 Å². The van der Waals surface area contributed by atoms with Gasteiger partial charge in [-0.05, 0) is 30.9 Å². The molecule has 0 aliphatic heterocycles. The molecule has 0 aliphatic rings. The number of anilines is 1. The Hall–Kier alpha value is -1.49. The summed E-state index contributed by atoms with van der Waals surface area (Å²) >= 11 is 1.60. The fraction of sp³-hybridized carbons (Fsp3) is 0.385. The smallest absolute Gasteiger partial charge is 0.336 e. The number of amides is 1. The van der Waals surface area contributed by atoms with Crippen molar-refractivity contribution in [1.29, 1.82) is 0 Å². The molecule has 1 aromatic carbocycles. The molecule has 1 aromatic rings. The highest BCUT2D eigenvalue weighted by Crippen LogP contribution is 2.16. The SMILES string of the molecule is CSCC(C)C(=O)Nc1ccc(C)c(C(=O)O)c1. The summed E-state index contributed by atoms with van der Waals surface area (Å²) in [7, 11) is 0. The molecule has 0 fully saturated rings. The Labute approximate surface area is 111 Å². The van der Waals surface area contributed by atoms with Crippen molar-refractivity contribution in [1.82, 2.24) is 0 Å². The van der Waals surface area contributed by atoms with E-state index in [1.807, 2.05) is 13.2 Å². The van der Waals surface area contributed by atoms with Gasteiger partial charge in [0.05, 0.1) is 5.56 Å². The first-order valence-corrected chi connectivity index (χ1v) is 6.98. The van der Waals surface area contributed by atoms with E-state index in [1.54, 1.807) is 30.8 Å². The Balaban J connectivity index is 2.82. The Morgan fingerprint density at radius 1 is 1.44 bits per heavy atom. The normalized spacial score (nSPS) is 11.9. The molecule has 1 amide bonds. The molecule has 1 rings (SSSR count). The lowest BCUT2D eigenvalue weighted by atomic mass is 10.1. The minimum atomic E-state index is -0.985.